The Hall–Kier alpha value is -0.610. The third-order valence-corrected chi connectivity index (χ3v) is 2.21. The standard InChI is InChI=1S/C10H8Br2O2/c1-7(11)6-14-10-3-2-9(12)4-8(10)5-13/h2-5H,1,6H2. The van der Waals surface area contributed by atoms with Gasteiger partial charge in [0.2, 0.25) is 0 Å². The number of aldehydes is 1. The Labute approximate surface area is 99.2 Å². The maximum absolute atomic E-state index is 10.7. The summed E-state index contributed by atoms with van der Waals surface area (Å²) >= 11 is 6.45. The molecule has 0 aliphatic carbocycles. The molecular formula is C10H8Br2O2. The lowest BCUT2D eigenvalue weighted by atomic mass is 10.2. The van der Waals surface area contributed by atoms with Crippen LogP contribution in [0.2, 0.25) is 0 Å². The third-order valence-electron chi connectivity index (χ3n) is 1.48. The Morgan fingerprint density at radius 2 is 2.29 bits per heavy atom. The number of hydrogen-bond donors (Lipinski definition) is 0. The number of benzene rings is 1. The van der Waals surface area contributed by atoms with Crippen molar-refractivity contribution in [3.63, 3.8) is 0 Å². The van der Waals surface area contributed by atoms with Crippen molar-refractivity contribution < 1.29 is 9.53 Å². The molecule has 0 aliphatic rings. The van der Waals surface area contributed by atoms with Crippen molar-refractivity contribution in [3.8, 4) is 5.75 Å². The molecule has 0 saturated heterocycles. The molecule has 4 heteroatoms. The third kappa shape index (κ3) is 3.27. The van der Waals surface area contributed by atoms with E-state index in [1.54, 1.807) is 12.1 Å². The first-order chi connectivity index (χ1) is 6.63. The van der Waals surface area contributed by atoms with Crippen molar-refractivity contribution in [1.29, 1.82) is 0 Å². The second-order valence-electron chi connectivity index (χ2n) is 2.61. The van der Waals surface area contributed by atoms with E-state index in [9.17, 15) is 4.79 Å². The predicted molar refractivity (Wildman–Crippen MR) is 63.1 cm³/mol. The van der Waals surface area contributed by atoms with Crippen LogP contribution in [0.4, 0.5) is 0 Å². The molecule has 0 radical (unpaired) electrons. The van der Waals surface area contributed by atoms with Gasteiger partial charge in [0.15, 0.2) is 6.29 Å². The van der Waals surface area contributed by atoms with E-state index in [4.69, 9.17) is 4.74 Å². The molecule has 1 rings (SSSR count). The highest BCUT2D eigenvalue weighted by atomic mass is 79.9. The van der Waals surface area contributed by atoms with Gasteiger partial charge in [0.25, 0.3) is 0 Å². The minimum absolute atomic E-state index is 0.350. The molecule has 14 heavy (non-hydrogen) atoms. The number of carbonyl (C=O) groups excluding carboxylic acids is 1. The molecule has 2 nitrogen and oxygen atoms in total. The number of hydrogen-bond acceptors (Lipinski definition) is 2. The molecule has 0 heterocycles. The summed E-state index contributed by atoms with van der Waals surface area (Å²) in [4.78, 5) is 10.7. The van der Waals surface area contributed by atoms with Crippen LogP contribution in [0.15, 0.2) is 33.7 Å². The Balaban J connectivity index is 2.85. The van der Waals surface area contributed by atoms with Gasteiger partial charge in [-0.3, -0.25) is 4.79 Å². The zero-order valence-electron chi connectivity index (χ0n) is 7.30. The molecule has 0 fully saturated rings. The summed E-state index contributed by atoms with van der Waals surface area (Å²) in [7, 11) is 0. The fraction of sp³-hybridized carbons (Fsp3) is 0.100. The van der Waals surface area contributed by atoms with E-state index in [1.165, 1.54) is 0 Å². The van der Waals surface area contributed by atoms with Crippen molar-refractivity contribution >= 4 is 38.1 Å². The first-order valence-electron chi connectivity index (χ1n) is 3.84. The highest BCUT2D eigenvalue weighted by Crippen LogP contribution is 2.22. The van der Waals surface area contributed by atoms with Gasteiger partial charge in [-0.1, -0.05) is 38.4 Å². The van der Waals surface area contributed by atoms with E-state index in [0.29, 0.717) is 17.9 Å². The van der Waals surface area contributed by atoms with Gasteiger partial charge in [0.1, 0.15) is 12.4 Å². The molecule has 0 aliphatic heterocycles. The lowest BCUT2D eigenvalue weighted by Gasteiger charge is -2.07. The summed E-state index contributed by atoms with van der Waals surface area (Å²) in [6, 6.07) is 5.27. The molecule has 1 aromatic rings. The molecule has 0 bridgehead atoms. The van der Waals surface area contributed by atoms with E-state index in [2.05, 4.69) is 38.4 Å². The van der Waals surface area contributed by atoms with Crippen molar-refractivity contribution in [2.45, 2.75) is 0 Å². The van der Waals surface area contributed by atoms with Crippen molar-refractivity contribution in [2.75, 3.05) is 6.61 Å². The fourth-order valence-corrected chi connectivity index (χ4v) is 1.39. The normalized spacial score (nSPS) is 9.57. The zero-order chi connectivity index (χ0) is 10.6. The van der Waals surface area contributed by atoms with E-state index < -0.39 is 0 Å². The van der Waals surface area contributed by atoms with Crippen LogP contribution in [0, 0.1) is 0 Å². The summed E-state index contributed by atoms with van der Waals surface area (Å²) in [6.45, 7) is 3.99. The van der Waals surface area contributed by atoms with Crippen LogP contribution >= 0.6 is 31.9 Å². The van der Waals surface area contributed by atoms with Gasteiger partial charge in [0.05, 0.1) is 5.56 Å². The van der Waals surface area contributed by atoms with Crippen LogP contribution in [0.25, 0.3) is 0 Å². The van der Waals surface area contributed by atoms with Crippen molar-refractivity contribution in [3.05, 3.63) is 39.3 Å². The van der Waals surface area contributed by atoms with E-state index >= 15 is 0 Å². The fourth-order valence-electron chi connectivity index (χ4n) is 0.899. The molecule has 0 aromatic heterocycles. The van der Waals surface area contributed by atoms with E-state index in [-0.39, 0.29) is 0 Å². The lowest BCUT2D eigenvalue weighted by Crippen LogP contribution is -1.98. The number of rotatable bonds is 4. The maximum atomic E-state index is 10.7. The first-order valence-corrected chi connectivity index (χ1v) is 5.43. The van der Waals surface area contributed by atoms with Crippen LogP contribution in [0.3, 0.4) is 0 Å². The zero-order valence-corrected chi connectivity index (χ0v) is 10.5. The second-order valence-corrected chi connectivity index (χ2v) is 4.64. The Morgan fingerprint density at radius 3 is 2.86 bits per heavy atom. The van der Waals surface area contributed by atoms with Gasteiger partial charge in [-0.2, -0.15) is 0 Å². The SMILES string of the molecule is C=C(Br)COc1ccc(Br)cc1C=O. The molecular weight excluding hydrogens is 312 g/mol. The minimum Gasteiger partial charge on any atom is -0.488 e. The van der Waals surface area contributed by atoms with E-state index in [1.807, 2.05) is 6.07 Å². The van der Waals surface area contributed by atoms with Crippen LogP contribution in [0.1, 0.15) is 10.4 Å². The first kappa shape index (κ1) is 11.5. The van der Waals surface area contributed by atoms with Crippen LogP contribution in [-0.2, 0) is 0 Å². The molecule has 0 saturated carbocycles. The molecule has 74 valence electrons. The summed E-state index contributed by atoms with van der Waals surface area (Å²) in [6.07, 6.45) is 0.761. The second kappa shape index (κ2) is 5.32. The summed E-state index contributed by atoms with van der Waals surface area (Å²) in [5.74, 6) is 0.559. The average molecular weight is 320 g/mol. The number of ether oxygens (including phenoxy) is 1. The number of halogens is 2. The summed E-state index contributed by atoms with van der Waals surface area (Å²) in [5.41, 5.74) is 0.521. The molecule has 1 aromatic carbocycles. The number of carbonyl (C=O) groups is 1. The maximum Gasteiger partial charge on any atom is 0.153 e. The Morgan fingerprint density at radius 1 is 1.57 bits per heavy atom. The summed E-state index contributed by atoms with van der Waals surface area (Å²) in [5, 5.41) is 0. The molecule has 0 amide bonds. The Bertz CT molecular complexity index is 361. The van der Waals surface area contributed by atoms with E-state index in [0.717, 1.165) is 15.2 Å². The average Bonchev–Trinajstić information content (AvgIpc) is 2.15. The minimum atomic E-state index is 0.350. The van der Waals surface area contributed by atoms with Gasteiger partial charge in [-0.15, -0.1) is 0 Å². The quantitative estimate of drug-likeness (QED) is 0.793. The highest BCUT2D eigenvalue weighted by molar-refractivity contribution is 9.11. The topological polar surface area (TPSA) is 26.3 Å². The molecule has 0 atom stereocenters. The van der Waals surface area contributed by atoms with Crippen LogP contribution in [-0.4, -0.2) is 12.9 Å². The largest absolute Gasteiger partial charge is 0.488 e. The smallest absolute Gasteiger partial charge is 0.153 e. The van der Waals surface area contributed by atoms with Gasteiger partial charge in [-0.05, 0) is 18.2 Å². The van der Waals surface area contributed by atoms with Gasteiger partial charge >= 0.3 is 0 Å². The van der Waals surface area contributed by atoms with Crippen molar-refractivity contribution in [1.82, 2.24) is 0 Å². The summed E-state index contributed by atoms with van der Waals surface area (Å²) < 4.78 is 6.93. The van der Waals surface area contributed by atoms with Crippen LogP contribution in [0.5, 0.6) is 5.75 Å². The monoisotopic (exact) mass is 318 g/mol. The Kier molecular flexibility index (Phi) is 4.35. The highest BCUT2D eigenvalue weighted by Gasteiger charge is 2.03. The lowest BCUT2D eigenvalue weighted by molar-refractivity contribution is 0.112. The van der Waals surface area contributed by atoms with Crippen molar-refractivity contribution in [2.24, 2.45) is 0 Å². The van der Waals surface area contributed by atoms with Crippen LogP contribution < -0.4 is 4.74 Å². The predicted octanol–water partition coefficient (Wildman–Crippen LogP) is 3.55. The van der Waals surface area contributed by atoms with Gasteiger partial charge in [0, 0.05) is 8.96 Å². The van der Waals surface area contributed by atoms with Gasteiger partial charge < -0.3 is 4.74 Å². The van der Waals surface area contributed by atoms with Gasteiger partial charge in [-0.25, -0.2) is 0 Å². The molecule has 0 unspecified atom stereocenters. The molecule has 0 spiro atoms. The molecule has 0 N–H and O–H groups in total.